The Balaban J connectivity index is 1.36. The van der Waals surface area contributed by atoms with Crippen LogP contribution in [0, 0.1) is 56.2 Å². The maximum atomic E-state index is 13.4. The predicted octanol–water partition coefficient (Wildman–Crippen LogP) is 3.92. The number of carboxylic acid groups (broad SMARTS) is 1. The van der Waals surface area contributed by atoms with E-state index in [1.807, 2.05) is 38.2 Å². The van der Waals surface area contributed by atoms with Gasteiger partial charge in [0.1, 0.15) is 18.3 Å². The second-order valence-electron chi connectivity index (χ2n) is 21.4. The van der Waals surface area contributed by atoms with E-state index in [-0.39, 0.29) is 60.9 Å². The summed E-state index contributed by atoms with van der Waals surface area (Å²) in [6.07, 6.45) is -0.0971. The molecular formula is C48H75NO12. The zero-order valence-electron chi connectivity index (χ0n) is 37.3. The number of aliphatic hydroxyl groups excluding tert-OH is 7. The summed E-state index contributed by atoms with van der Waals surface area (Å²) in [6.45, 7) is 11.2. The van der Waals surface area contributed by atoms with Crippen LogP contribution >= 0.6 is 0 Å². The molecule has 1 aliphatic heterocycles. The van der Waals surface area contributed by atoms with Crippen LogP contribution < -0.4 is 5.32 Å². The Morgan fingerprint density at radius 2 is 1.62 bits per heavy atom. The molecule has 5 fully saturated rings. The smallest absolute Gasteiger partial charge is 0.310 e. The van der Waals surface area contributed by atoms with Gasteiger partial charge in [0.05, 0.1) is 43.5 Å². The Morgan fingerprint density at radius 3 is 2.26 bits per heavy atom. The summed E-state index contributed by atoms with van der Waals surface area (Å²) in [5.74, 6) is -1.32. The van der Waals surface area contributed by atoms with Gasteiger partial charge in [0.15, 0.2) is 6.29 Å². The molecule has 0 amide bonds. The minimum absolute atomic E-state index is 0.00424. The third kappa shape index (κ3) is 7.57. The van der Waals surface area contributed by atoms with Gasteiger partial charge in [-0.25, -0.2) is 0 Å². The van der Waals surface area contributed by atoms with E-state index in [0.717, 1.165) is 17.5 Å². The normalized spacial score (nSPS) is 46.3. The van der Waals surface area contributed by atoms with E-state index in [4.69, 9.17) is 14.2 Å². The lowest BCUT2D eigenvalue weighted by Crippen LogP contribution is -2.72. The lowest BCUT2D eigenvalue weighted by Gasteiger charge is -2.73. The second kappa shape index (κ2) is 17.4. The minimum Gasteiger partial charge on any atom is -0.481 e. The van der Waals surface area contributed by atoms with Crippen LogP contribution in [0.5, 0.6) is 0 Å². The molecule has 0 unspecified atom stereocenters. The molecule has 61 heavy (non-hydrogen) atoms. The van der Waals surface area contributed by atoms with E-state index in [0.29, 0.717) is 64.3 Å². The van der Waals surface area contributed by atoms with Crippen LogP contribution in [-0.4, -0.2) is 123 Å². The lowest BCUT2D eigenvalue weighted by molar-refractivity contribution is -0.341. The first-order chi connectivity index (χ1) is 28.8. The summed E-state index contributed by atoms with van der Waals surface area (Å²) < 4.78 is 19.6. The van der Waals surface area contributed by atoms with Crippen LogP contribution in [0.25, 0.3) is 0 Å². The Morgan fingerprint density at radius 1 is 0.934 bits per heavy atom. The van der Waals surface area contributed by atoms with Crippen molar-refractivity contribution in [1.29, 1.82) is 0 Å². The average Bonchev–Trinajstić information content (AvgIpc) is 3.23. The Hall–Kier alpha value is -2.01. The van der Waals surface area contributed by atoms with Gasteiger partial charge in [-0.1, -0.05) is 70.5 Å². The van der Waals surface area contributed by atoms with Crippen molar-refractivity contribution >= 4 is 5.97 Å². The molecule has 0 bridgehead atoms. The van der Waals surface area contributed by atoms with Crippen molar-refractivity contribution in [2.45, 2.75) is 155 Å². The predicted molar refractivity (Wildman–Crippen MR) is 226 cm³/mol. The fraction of sp³-hybridized carbons (Fsp3) is 0.812. The molecule has 1 saturated heterocycles. The first-order valence-electron chi connectivity index (χ1n) is 22.9. The maximum absolute atomic E-state index is 13.4. The van der Waals surface area contributed by atoms with Gasteiger partial charge in [0, 0.05) is 25.2 Å². The first-order valence-corrected chi connectivity index (χ1v) is 22.9. The number of hydrogen-bond acceptors (Lipinski definition) is 12. The Bertz CT molecular complexity index is 1740. The quantitative estimate of drug-likeness (QED) is 0.0959. The third-order valence-electron chi connectivity index (χ3n) is 18.2. The summed E-state index contributed by atoms with van der Waals surface area (Å²) in [4.78, 5) is 13.4. The number of nitrogens with one attached hydrogen (secondary N) is 1. The zero-order chi connectivity index (χ0) is 44.3. The molecule has 4 saturated carbocycles. The number of ether oxygens (including phenoxy) is 3. The van der Waals surface area contributed by atoms with Crippen molar-refractivity contribution < 1.29 is 59.9 Å². The molecule has 17 atom stereocenters. The summed E-state index contributed by atoms with van der Waals surface area (Å²) in [5, 5.41) is 90.5. The molecule has 0 spiro atoms. The van der Waals surface area contributed by atoms with Crippen molar-refractivity contribution in [1.82, 2.24) is 5.32 Å². The highest BCUT2D eigenvalue weighted by molar-refractivity contribution is 5.76. The molecule has 5 aliphatic carbocycles. The highest BCUT2D eigenvalue weighted by atomic mass is 16.7. The number of rotatable bonds is 14. The van der Waals surface area contributed by atoms with Crippen molar-refractivity contribution in [3.63, 3.8) is 0 Å². The number of benzene rings is 1. The van der Waals surface area contributed by atoms with E-state index in [1.54, 1.807) is 0 Å². The Kier molecular flexibility index (Phi) is 13.4. The fourth-order valence-electron chi connectivity index (χ4n) is 14.6. The van der Waals surface area contributed by atoms with Gasteiger partial charge in [0.2, 0.25) is 0 Å². The molecular weight excluding hydrogens is 783 g/mol. The SMILES string of the molecule is CNCc1ccc(CO[C@@H]2C[C@]3(C)[C@H]4[C@H](CCCO)C=C5[C@@H]6C[C@@](C)(CO)CC[C@]6(C(=O)O)CC[C@@]5(C)[C@]4(C)CC[C@@H]3[C@](C)([C@H](O)CO)[C@@H]2O[C@@H]2OC[C@@H](O)[C@H](O)[C@H]2O)cc1. The number of carboxylic acids is 1. The molecule has 13 heteroatoms. The third-order valence-corrected chi connectivity index (χ3v) is 18.2. The molecule has 13 nitrogen and oxygen atoms in total. The lowest BCUT2D eigenvalue weighted by atomic mass is 9.31. The fourth-order valence-corrected chi connectivity index (χ4v) is 14.6. The summed E-state index contributed by atoms with van der Waals surface area (Å²) >= 11 is 0. The van der Waals surface area contributed by atoms with E-state index in [1.165, 1.54) is 5.57 Å². The van der Waals surface area contributed by atoms with Gasteiger partial charge in [-0.3, -0.25) is 4.79 Å². The van der Waals surface area contributed by atoms with Gasteiger partial charge in [-0.2, -0.15) is 0 Å². The topological polar surface area (TPSA) is 219 Å². The van der Waals surface area contributed by atoms with E-state index < -0.39 is 77.1 Å². The monoisotopic (exact) mass is 858 g/mol. The van der Waals surface area contributed by atoms with Crippen LogP contribution in [0.1, 0.15) is 110 Å². The number of aliphatic carboxylic acids is 1. The van der Waals surface area contributed by atoms with E-state index in [2.05, 4.69) is 39.1 Å². The molecule has 344 valence electrons. The highest BCUT2D eigenvalue weighted by Crippen LogP contribution is 2.77. The first kappa shape index (κ1) is 47.0. The van der Waals surface area contributed by atoms with E-state index in [9.17, 15) is 45.6 Å². The van der Waals surface area contributed by atoms with Crippen molar-refractivity contribution in [2.75, 3.05) is 33.5 Å². The molecule has 0 aromatic heterocycles. The maximum Gasteiger partial charge on any atom is 0.310 e. The average molecular weight is 858 g/mol. The van der Waals surface area contributed by atoms with Gasteiger partial charge >= 0.3 is 5.97 Å². The summed E-state index contributed by atoms with van der Waals surface area (Å²) in [7, 11) is 1.90. The van der Waals surface area contributed by atoms with Crippen LogP contribution in [0.3, 0.4) is 0 Å². The number of aliphatic hydroxyl groups is 7. The van der Waals surface area contributed by atoms with Gasteiger partial charge in [-0.05, 0) is 128 Å². The van der Waals surface area contributed by atoms with Crippen molar-refractivity contribution in [3.05, 3.63) is 47.0 Å². The molecule has 1 heterocycles. The standard InChI is InChI=1S/C48H75NO12/c1-43(27-52)15-17-48(42(57)58)18-16-45(3)31(32(48)21-43)20-30(8-7-19-50)39-44(2)22-34(59-25-29-11-9-28(10-12-29)23-49-6)40(61-41-38(56)37(55)33(53)26-60-41)47(5,36(54)24-51)35(44)13-14-46(39,45)4/h9-12,20,30,32-41,49-56H,7-8,13-19,21-27H2,1-6H3,(H,57,58)/t30-,32+,33-,34-,35+,36-,37+,38-,39-,40-,41+,43+,44+,45-,46-,47-,48+/m1/s1. The van der Waals surface area contributed by atoms with Gasteiger partial charge in [-0.15, -0.1) is 0 Å². The van der Waals surface area contributed by atoms with Gasteiger partial charge in [0.25, 0.3) is 0 Å². The highest BCUT2D eigenvalue weighted by Gasteiger charge is 2.73. The molecule has 1 aromatic rings. The molecule has 7 rings (SSSR count). The molecule has 0 radical (unpaired) electrons. The zero-order valence-corrected chi connectivity index (χ0v) is 37.3. The van der Waals surface area contributed by atoms with Crippen molar-refractivity contribution in [2.24, 2.45) is 56.2 Å². The molecule has 6 aliphatic rings. The number of hydrogen-bond donors (Lipinski definition) is 9. The largest absolute Gasteiger partial charge is 0.481 e. The van der Waals surface area contributed by atoms with Crippen molar-refractivity contribution in [3.8, 4) is 0 Å². The van der Waals surface area contributed by atoms with Crippen LogP contribution in [0.4, 0.5) is 0 Å². The van der Waals surface area contributed by atoms with Gasteiger partial charge < -0.3 is 60.4 Å². The minimum atomic E-state index is -1.58. The molecule has 1 aromatic carbocycles. The molecule has 9 N–H and O–H groups in total. The number of allylic oxidation sites excluding steroid dienone is 2. The summed E-state index contributed by atoms with van der Waals surface area (Å²) in [5.41, 5.74) is -0.528. The number of carbonyl (C=O) groups is 1. The number of fused-ring (bicyclic) bond motifs is 7. The Labute approximate surface area is 361 Å². The van der Waals surface area contributed by atoms with Crippen LogP contribution in [-0.2, 0) is 32.2 Å². The second-order valence-corrected chi connectivity index (χ2v) is 21.4. The van der Waals surface area contributed by atoms with Crippen LogP contribution in [0.15, 0.2) is 35.9 Å². The summed E-state index contributed by atoms with van der Waals surface area (Å²) in [6, 6.07) is 8.13. The van der Waals surface area contributed by atoms with E-state index >= 15 is 0 Å². The van der Waals surface area contributed by atoms with Crippen LogP contribution in [0.2, 0.25) is 0 Å².